The molecule has 0 aliphatic carbocycles. The number of aromatic nitrogens is 1. The molecule has 3 nitrogen and oxygen atoms in total. The molecule has 2 aromatic rings. The van der Waals surface area contributed by atoms with Crippen molar-refractivity contribution in [2.45, 2.75) is 13.0 Å². The molecular formula is C13H16N2OS. The Balaban J connectivity index is 2.13. The van der Waals surface area contributed by atoms with E-state index in [1.807, 2.05) is 25.2 Å². The average Bonchev–Trinajstić information content (AvgIpc) is 2.78. The number of hydrogen-bond acceptors (Lipinski definition) is 4. The molecule has 0 aliphatic heterocycles. The van der Waals surface area contributed by atoms with Crippen molar-refractivity contribution >= 4 is 11.3 Å². The van der Waals surface area contributed by atoms with Gasteiger partial charge in [-0.1, -0.05) is 18.2 Å². The van der Waals surface area contributed by atoms with Gasteiger partial charge in [-0.25, -0.2) is 4.98 Å². The summed E-state index contributed by atoms with van der Waals surface area (Å²) in [7, 11) is 3.63. The number of hydrogen-bond donors (Lipinski definition) is 1. The molecule has 0 amide bonds. The second kappa shape index (κ2) is 5.80. The van der Waals surface area contributed by atoms with E-state index in [1.165, 1.54) is 5.56 Å². The zero-order valence-corrected chi connectivity index (χ0v) is 10.9. The molecule has 0 saturated carbocycles. The third-order valence-electron chi connectivity index (χ3n) is 2.49. The predicted molar refractivity (Wildman–Crippen MR) is 70.7 cm³/mol. The molecule has 0 fully saturated rings. The number of benzene rings is 1. The van der Waals surface area contributed by atoms with Gasteiger partial charge in [0.1, 0.15) is 5.75 Å². The van der Waals surface area contributed by atoms with E-state index >= 15 is 0 Å². The number of rotatable bonds is 5. The van der Waals surface area contributed by atoms with E-state index in [4.69, 9.17) is 4.74 Å². The second-order valence-electron chi connectivity index (χ2n) is 3.75. The number of ether oxygens (including phenoxy) is 1. The van der Waals surface area contributed by atoms with Gasteiger partial charge in [0.15, 0.2) is 0 Å². The zero-order valence-electron chi connectivity index (χ0n) is 10.1. The van der Waals surface area contributed by atoms with E-state index in [-0.39, 0.29) is 0 Å². The molecule has 4 heteroatoms. The SMILES string of the molecule is CNCc1csc(Cc2ccccc2OC)n1. The fourth-order valence-electron chi connectivity index (χ4n) is 1.70. The average molecular weight is 248 g/mol. The summed E-state index contributed by atoms with van der Waals surface area (Å²) in [6.07, 6.45) is 0.832. The number of para-hydroxylation sites is 1. The Bertz CT molecular complexity index is 482. The van der Waals surface area contributed by atoms with Gasteiger partial charge in [0.05, 0.1) is 17.8 Å². The molecule has 0 aliphatic rings. The highest BCUT2D eigenvalue weighted by Crippen LogP contribution is 2.22. The van der Waals surface area contributed by atoms with Crippen LogP contribution in [0.3, 0.4) is 0 Å². The van der Waals surface area contributed by atoms with Crippen LogP contribution in [0, 0.1) is 0 Å². The maximum absolute atomic E-state index is 5.34. The van der Waals surface area contributed by atoms with Crippen LogP contribution in [-0.4, -0.2) is 19.1 Å². The molecular weight excluding hydrogens is 232 g/mol. The van der Waals surface area contributed by atoms with Crippen molar-refractivity contribution in [3.63, 3.8) is 0 Å². The zero-order chi connectivity index (χ0) is 12.1. The van der Waals surface area contributed by atoms with Crippen LogP contribution in [0.5, 0.6) is 5.75 Å². The summed E-state index contributed by atoms with van der Waals surface area (Å²) in [5.74, 6) is 0.929. The summed E-state index contributed by atoms with van der Waals surface area (Å²) in [6, 6.07) is 8.08. The van der Waals surface area contributed by atoms with Gasteiger partial charge >= 0.3 is 0 Å². The Hall–Kier alpha value is -1.39. The van der Waals surface area contributed by atoms with E-state index in [0.717, 1.165) is 29.4 Å². The van der Waals surface area contributed by atoms with Crippen LogP contribution in [0.4, 0.5) is 0 Å². The fourth-order valence-corrected chi connectivity index (χ4v) is 2.52. The Morgan fingerprint density at radius 1 is 1.35 bits per heavy atom. The fraction of sp³-hybridized carbons (Fsp3) is 0.308. The second-order valence-corrected chi connectivity index (χ2v) is 4.69. The molecule has 2 rings (SSSR count). The van der Waals surface area contributed by atoms with Gasteiger partial charge in [0.2, 0.25) is 0 Å². The van der Waals surface area contributed by atoms with Crippen LogP contribution in [0.2, 0.25) is 0 Å². The lowest BCUT2D eigenvalue weighted by Gasteiger charge is -2.05. The first kappa shape index (κ1) is 12.1. The van der Waals surface area contributed by atoms with E-state index in [0.29, 0.717) is 0 Å². The lowest BCUT2D eigenvalue weighted by atomic mass is 10.1. The van der Waals surface area contributed by atoms with Crippen LogP contribution < -0.4 is 10.1 Å². The monoisotopic (exact) mass is 248 g/mol. The summed E-state index contributed by atoms with van der Waals surface area (Å²) in [4.78, 5) is 4.57. The molecule has 0 spiro atoms. The van der Waals surface area contributed by atoms with Crippen molar-refractivity contribution in [2.75, 3.05) is 14.2 Å². The normalized spacial score (nSPS) is 10.5. The van der Waals surface area contributed by atoms with Gasteiger partial charge in [-0.3, -0.25) is 0 Å². The highest BCUT2D eigenvalue weighted by atomic mass is 32.1. The van der Waals surface area contributed by atoms with Gasteiger partial charge in [-0.05, 0) is 13.1 Å². The van der Waals surface area contributed by atoms with Crippen molar-refractivity contribution in [2.24, 2.45) is 0 Å². The number of nitrogens with one attached hydrogen (secondary N) is 1. The molecule has 0 saturated heterocycles. The van der Waals surface area contributed by atoms with Crippen LogP contribution in [0.25, 0.3) is 0 Å². The van der Waals surface area contributed by atoms with Gasteiger partial charge in [-0.2, -0.15) is 0 Å². The summed E-state index contributed by atoms with van der Waals surface area (Å²) in [5.41, 5.74) is 2.28. The lowest BCUT2D eigenvalue weighted by molar-refractivity contribution is 0.410. The lowest BCUT2D eigenvalue weighted by Crippen LogP contribution is -2.05. The Labute approximate surface area is 105 Å². The largest absolute Gasteiger partial charge is 0.496 e. The van der Waals surface area contributed by atoms with Crippen molar-refractivity contribution in [1.29, 1.82) is 0 Å². The van der Waals surface area contributed by atoms with Crippen molar-refractivity contribution in [1.82, 2.24) is 10.3 Å². The molecule has 0 atom stereocenters. The summed E-state index contributed by atoms with van der Waals surface area (Å²) < 4.78 is 5.34. The minimum absolute atomic E-state index is 0.822. The summed E-state index contributed by atoms with van der Waals surface area (Å²) in [5, 5.41) is 6.33. The van der Waals surface area contributed by atoms with Gasteiger partial charge in [-0.15, -0.1) is 11.3 Å². The van der Waals surface area contributed by atoms with E-state index in [2.05, 4.69) is 21.7 Å². The summed E-state index contributed by atoms with van der Waals surface area (Å²) >= 11 is 1.70. The van der Waals surface area contributed by atoms with Crippen molar-refractivity contribution < 1.29 is 4.74 Å². The number of thiazole rings is 1. The molecule has 1 N–H and O–H groups in total. The maximum Gasteiger partial charge on any atom is 0.122 e. The van der Waals surface area contributed by atoms with Crippen LogP contribution in [-0.2, 0) is 13.0 Å². The summed E-state index contributed by atoms with van der Waals surface area (Å²) in [6.45, 7) is 0.822. The van der Waals surface area contributed by atoms with Gasteiger partial charge in [0.25, 0.3) is 0 Å². The number of nitrogens with zero attached hydrogens (tertiary/aromatic N) is 1. The first-order chi connectivity index (χ1) is 8.33. The Morgan fingerprint density at radius 2 is 2.18 bits per heavy atom. The number of methoxy groups -OCH3 is 1. The minimum atomic E-state index is 0.822. The molecule has 1 aromatic heterocycles. The molecule has 0 unspecified atom stereocenters. The van der Waals surface area contributed by atoms with E-state index < -0.39 is 0 Å². The Kier molecular flexibility index (Phi) is 4.12. The third-order valence-corrected chi connectivity index (χ3v) is 3.39. The molecule has 1 heterocycles. The molecule has 0 radical (unpaired) electrons. The standard InChI is InChI=1S/C13H16N2OS/c1-14-8-11-9-17-13(15-11)7-10-5-3-4-6-12(10)16-2/h3-6,9,14H,7-8H2,1-2H3. The first-order valence-corrected chi connectivity index (χ1v) is 6.41. The molecule has 90 valence electrons. The molecule has 0 bridgehead atoms. The van der Waals surface area contributed by atoms with Crippen LogP contribution >= 0.6 is 11.3 Å². The van der Waals surface area contributed by atoms with Crippen molar-refractivity contribution in [3.05, 3.63) is 45.9 Å². The van der Waals surface area contributed by atoms with Gasteiger partial charge in [0, 0.05) is 23.9 Å². The van der Waals surface area contributed by atoms with Crippen LogP contribution in [0.1, 0.15) is 16.3 Å². The molecule has 17 heavy (non-hydrogen) atoms. The highest BCUT2D eigenvalue weighted by Gasteiger charge is 2.06. The highest BCUT2D eigenvalue weighted by molar-refractivity contribution is 7.09. The predicted octanol–water partition coefficient (Wildman–Crippen LogP) is 2.46. The first-order valence-electron chi connectivity index (χ1n) is 5.53. The smallest absolute Gasteiger partial charge is 0.122 e. The van der Waals surface area contributed by atoms with Gasteiger partial charge < -0.3 is 10.1 Å². The topological polar surface area (TPSA) is 34.1 Å². The minimum Gasteiger partial charge on any atom is -0.496 e. The van der Waals surface area contributed by atoms with Crippen LogP contribution in [0.15, 0.2) is 29.6 Å². The quantitative estimate of drug-likeness (QED) is 0.882. The Morgan fingerprint density at radius 3 is 2.94 bits per heavy atom. The van der Waals surface area contributed by atoms with Crippen molar-refractivity contribution in [3.8, 4) is 5.75 Å². The van der Waals surface area contributed by atoms with E-state index in [9.17, 15) is 0 Å². The van der Waals surface area contributed by atoms with E-state index in [1.54, 1.807) is 18.4 Å². The molecule has 1 aromatic carbocycles. The maximum atomic E-state index is 5.34. The third kappa shape index (κ3) is 3.05.